The second-order valence-electron chi connectivity index (χ2n) is 5.61. The number of hydrogen-bond acceptors (Lipinski definition) is 4. The van der Waals surface area contributed by atoms with Crippen LogP contribution in [0.2, 0.25) is 0 Å². The van der Waals surface area contributed by atoms with Gasteiger partial charge in [0.2, 0.25) is 0 Å². The van der Waals surface area contributed by atoms with E-state index in [1.54, 1.807) is 6.07 Å². The van der Waals surface area contributed by atoms with Crippen molar-refractivity contribution in [1.82, 2.24) is 5.32 Å². The first-order chi connectivity index (χ1) is 9.60. The van der Waals surface area contributed by atoms with Crippen LogP contribution in [0.5, 0.6) is 5.75 Å². The van der Waals surface area contributed by atoms with Crippen LogP contribution in [0.4, 0.5) is 4.39 Å². The van der Waals surface area contributed by atoms with E-state index in [9.17, 15) is 9.50 Å². The van der Waals surface area contributed by atoms with Crippen LogP contribution in [0, 0.1) is 5.82 Å². The molecule has 2 aliphatic rings. The van der Waals surface area contributed by atoms with Crippen LogP contribution in [-0.2, 0) is 10.3 Å². The first-order valence-electron chi connectivity index (χ1n) is 7.10. The zero-order valence-electron chi connectivity index (χ0n) is 11.6. The third-order valence-corrected chi connectivity index (χ3v) is 4.02. The van der Waals surface area contributed by atoms with Crippen LogP contribution in [-0.4, -0.2) is 37.0 Å². The molecular formula is C15H20FNO3. The van der Waals surface area contributed by atoms with E-state index < -0.39 is 5.60 Å². The Morgan fingerprint density at radius 2 is 2.10 bits per heavy atom. The first kappa shape index (κ1) is 13.8. The fourth-order valence-corrected chi connectivity index (χ4v) is 3.28. The van der Waals surface area contributed by atoms with E-state index in [1.165, 1.54) is 12.1 Å². The summed E-state index contributed by atoms with van der Waals surface area (Å²) >= 11 is 0. The molecule has 0 spiro atoms. The van der Waals surface area contributed by atoms with E-state index in [0.717, 1.165) is 0 Å². The highest BCUT2D eigenvalue weighted by atomic mass is 19.1. The van der Waals surface area contributed by atoms with E-state index in [-0.39, 0.29) is 17.9 Å². The molecule has 0 saturated carbocycles. The summed E-state index contributed by atoms with van der Waals surface area (Å²) in [5.41, 5.74) is -0.505. The molecule has 1 aromatic carbocycles. The minimum absolute atomic E-state index is 0.102. The summed E-state index contributed by atoms with van der Waals surface area (Å²) in [4.78, 5) is 0. The number of morpholine rings is 1. The van der Waals surface area contributed by atoms with Gasteiger partial charge in [-0.25, -0.2) is 4.39 Å². The number of fused-ring (bicyclic) bond motifs is 2. The molecule has 0 radical (unpaired) electrons. The summed E-state index contributed by atoms with van der Waals surface area (Å²) in [6.45, 7) is 3.53. The van der Waals surface area contributed by atoms with Crippen molar-refractivity contribution in [1.29, 1.82) is 0 Å². The Morgan fingerprint density at radius 3 is 2.75 bits per heavy atom. The van der Waals surface area contributed by atoms with E-state index >= 15 is 0 Å². The summed E-state index contributed by atoms with van der Waals surface area (Å²) in [6, 6.07) is 4.56. The van der Waals surface area contributed by atoms with E-state index in [0.29, 0.717) is 44.0 Å². The number of benzene rings is 1. The van der Waals surface area contributed by atoms with Crippen LogP contribution in [0.15, 0.2) is 18.2 Å². The highest BCUT2D eigenvalue weighted by Crippen LogP contribution is 2.41. The highest BCUT2D eigenvalue weighted by molar-refractivity contribution is 5.39. The summed E-state index contributed by atoms with van der Waals surface area (Å²) in [7, 11) is 0. The maximum atomic E-state index is 13.6. The van der Waals surface area contributed by atoms with Crippen molar-refractivity contribution in [2.75, 3.05) is 19.8 Å². The van der Waals surface area contributed by atoms with Crippen LogP contribution in [0.1, 0.15) is 25.3 Å². The van der Waals surface area contributed by atoms with Crippen LogP contribution in [0.3, 0.4) is 0 Å². The number of hydrogen-bond donors (Lipinski definition) is 2. The Labute approximate surface area is 117 Å². The lowest BCUT2D eigenvalue weighted by atomic mass is 9.77. The second-order valence-corrected chi connectivity index (χ2v) is 5.61. The Bertz CT molecular complexity index is 482. The van der Waals surface area contributed by atoms with Crippen molar-refractivity contribution in [2.45, 2.75) is 37.5 Å². The molecule has 2 N–H and O–H groups in total. The van der Waals surface area contributed by atoms with Crippen molar-refractivity contribution < 1.29 is 19.0 Å². The topological polar surface area (TPSA) is 50.7 Å². The minimum atomic E-state index is -1.06. The Morgan fingerprint density at radius 1 is 1.40 bits per heavy atom. The SMILES string of the molecule is CCOc1ccc(F)cc1C1(O)CC2COCC(C1)N2. The Balaban J connectivity index is 1.96. The number of nitrogens with one attached hydrogen (secondary N) is 1. The third-order valence-electron chi connectivity index (χ3n) is 4.02. The summed E-state index contributed by atoms with van der Waals surface area (Å²) in [5, 5.41) is 14.5. The maximum Gasteiger partial charge on any atom is 0.125 e. The highest BCUT2D eigenvalue weighted by Gasteiger charge is 2.43. The van der Waals surface area contributed by atoms with Gasteiger partial charge in [0.25, 0.3) is 0 Å². The Hall–Kier alpha value is -1.17. The first-order valence-corrected chi connectivity index (χ1v) is 7.10. The van der Waals surface area contributed by atoms with Gasteiger partial charge in [-0.15, -0.1) is 0 Å². The largest absolute Gasteiger partial charge is 0.493 e. The van der Waals surface area contributed by atoms with Crippen molar-refractivity contribution in [3.05, 3.63) is 29.6 Å². The quantitative estimate of drug-likeness (QED) is 0.883. The smallest absolute Gasteiger partial charge is 0.125 e. The molecule has 2 aliphatic heterocycles. The number of rotatable bonds is 3. The van der Waals surface area contributed by atoms with Gasteiger partial charge in [-0.3, -0.25) is 0 Å². The average Bonchev–Trinajstić information content (AvgIpc) is 2.40. The molecule has 3 rings (SSSR count). The lowest BCUT2D eigenvalue weighted by molar-refractivity contribution is -0.0813. The lowest BCUT2D eigenvalue weighted by Gasteiger charge is -2.45. The molecule has 0 amide bonds. The van der Waals surface area contributed by atoms with E-state index in [1.807, 2.05) is 6.92 Å². The van der Waals surface area contributed by atoms with Crippen LogP contribution < -0.4 is 10.1 Å². The van der Waals surface area contributed by atoms with E-state index in [4.69, 9.17) is 9.47 Å². The molecule has 0 aliphatic carbocycles. The molecule has 5 heteroatoms. The van der Waals surface area contributed by atoms with Gasteiger partial charge in [-0.05, 0) is 38.0 Å². The maximum absolute atomic E-state index is 13.6. The summed E-state index contributed by atoms with van der Waals surface area (Å²) in [6.07, 6.45) is 1.01. The second kappa shape index (κ2) is 5.31. The van der Waals surface area contributed by atoms with Crippen LogP contribution >= 0.6 is 0 Å². The number of aliphatic hydroxyl groups is 1. The number of ether oxygens (including phenoxy) is 2. The molecular weight excluding hydrogens is 261 g/mol. The number of piperidine rings is 1. The van der Waals surface area contributed by atoms with Gasteiger partial charge in [0, 0.05) is 17.6 Å². The van der Waals surface area contributed by atoms with Gasteiger partial charge >= 0.3 is 0 Å². The molecule has 2 bridgehead atoms. The van der Waals surface area contributed by atoms with E-state index in [2.05, 4.69) is 5.32 Å². The fraction of sp³-hybridized carbons (Fsp3) is 0.600. The normalized spacial score (nSPS) is 33.0. The van der Waals surface area contributed by atoms with Gasteiger partial charge in [0.1, 0.15) is 11.6 Å². The number of halogens is 1. The monoisotopic (exact) mass is 281 g/mol. The molecule has 2 heterocycles. The van der Waals surface area contributed by atoms with Gasteiger partial charge < -0.3 is 19.9 Å². The minimum Gasteiger partial charge on any atom is -0.493 e. The van der Waals surface area contributed by atoms with Crippen molar-refractivity contribution >= 4 is 0 Å². The molecule has 20 heavy (non-hydrogen) atoms. The summed E-state index contributed by atoms with van der Waals surface area (Å²) < 4.78 is 24.6. The molecule has 4 nitrogen and oxygen atoms in total. The van der Waals surface area contributed by atoms with Gasteiger partial charge in [-0.2, -0.15) is 0 Å². The molecule has 2 unspecified atom stereocenters. The third kappa shape index (κ3) is 2.53. The molecule has 110 valence electrons. The predicted octanol–water partition coefficient (Wildman–Crippen LogP) is 1.56. The van der Waals surface area contributed by atoms with Crippen molar-refractivity contribution in [3.63, 3.8) is 0 Å². The molecule has 2 atom stereocenters. The molecule has 2 saturated heterocycles. The Kier molecular flexibility index (Phi) is 3.67. The van der Waals surface area contributed by atoms with Crippen molar-refractivity contribution in [3.8, 4) is 5.75 Å². The summed E-state index contributed by atoms with van der Waals surface area (Å²) in [5.74, 6) is 0.217. The predicted molar refractivity (Wildman–Crippen MR) is 72.2 cm³/mol. The van der Waals surface area contributed by atoms with Gasteiger partial charge in [0.15, 0.2) is 0 Å². The average molecular weight is 281 g/mol. The lowest BCUT2D eigenvalue weighted by Crippen LogP contribution is -2.58. The zero-order valence-corrected chi connectivity index (χ0v) is 11.6. The zero-order chi connectivity index (χ0) is 14.2. The van der Waals surface area contributed by atoms with Gasteiger partial charge in [0.05, 0.1) is 25.4 Å². The van der Waals surface area contributed by atoms with Gasteiger partial charge in [-0.1, -0.05) is 0 Å². The van der Waals surface area contributed by atoms with Crippen LogP contribution in [0.25, 0.3) is 0 Å². The van der Waals surface area contributed by atoms with Crippen molar-refractivity contribution in [2.24, 2.45) is 0 Å². The fourth-order valence-electron chi connectivity index (χ4n) is 3.28. The standard InChI is InChI=1S/C15H20FNO3/c1-2-20-14-4-3-10(16)5-13(14)15(18)6-11-8-19-9-12(7-15)17-11/h3-5,11-12,17-18H,2,6-9H2,1H3. The molecule has 0 aromatic heterocycles. The molecule has 2 fully saturated rings. The molecule has 1 aromatic rings.